The SMILES string of the molecule is COC(=O)C1=C(C)N(C2CCCCC2)C(=O)/C1=C\c1ccc(OCC(=O)Nc2ccc(C)cc2)cc1. The lowest BCUT2D eigenvalue weighted by molar-refractivity contribution is -0.136. The Balaban J connectivity index is 1.45. The molecule has 188 valence electrons. The van der Waals surface area contributed by atoms with E-state index < -0.39 is 5.97 Å². The van der Waals surface area contributed by atoms with E-state index in [0.29, 0.717) is 28.3 Å². The third-order valence-corrected chi connectivity index (χ3v) is 6.67. The number of aryl methyl sites for hydroxylation is 1. The van der Waals surface area contributed by atoms with Crippen molar-refractivity contribution < 1.29 is 23.9 Å². The molecule has 2 aromatic carbocycles. The predicted molar refractivity (Wildman–Crippen MR) is 138 cm³/mol. The molecule has 0 bridgehead atoms. The zero-order valence-corrected chi connectivity index (χ0v) is 21.0. The Hall–Kier alpha value is -3.87. The third kappa shape index (κ3) is 5.67. The second-order valence-electron chi connectivity index (χ2n) is 9.25. The van der Waals surface area contributed by atoms with E-state index in [-0.39, 0.29) is 24.5 Å². The number of benzene rings is 2. The number of esters is 1. The molecule has 2 aromatic rings. The van der Waals surface area contributed by atoms with Crippen molar-refractivity contribution >= 4 is 29.5 Å². The van der Waals surface area contributed by atoms with Crippen LogP contribution in [0.15, 0.2) is 65.4 Å². The molecular formula is C29H32N2O5. The summed E-state index contributed by atoms with van der Waals surface area (Å²) in [6.07, 6.45) is 6.94. The molecule has 0 atom stereocenters. The number of nitrogens with one attached hydrogen (secondary N) is 1. The predicted octanol–water partition coefficient (Wildman–Crippen LogP) is 5.02. The summed E-state index contributed by atoms with van der Waals surface area (Å²) in [5.41, 5.74) is 3.89. The van der Waals surface area contributed by atoms with Gasteiger partial charge in [-0.15, -0.1) is 0 Å². The molecule has 4 rings (SSSR count). The summed E-state index contributed by atoms with van der Waals surface area (Å²) >= 11 is 0. The molecule has 0 spiro atoms. The van der Waals surface area contributed by atoms with Gasteiger partial charge >= 0.3 is 5.97 Å². The number of allylic oxidation sites excluding steroid dienone is 1. The van der Waals surface area contributed by atoms with Crippen molar-refractivity contribution in [3.05, 3.63) is 76.5 Å². The first-order chi connectivity index (χ1) is 17.4. The summed E-state index contributed by atoms with van der Waals surface area (Å²) in [4.78, 5) is 40.0. The van der Waals surface area contributed by atoms with Gasteiger partial charge in [0.25, 0.3) is 11.8 Å². The molecule has 2 aliphatic rings. The number of rotatable bonds is 7. The minimum Gasteiger partial charge on any atom is -0.484 e. The third-order valence-electron chi connectivity index (χ3n) is 6.67. The molecule has 1 saturated carbocycles. The van der Waals surface area contributed by atoms with Crippen molar-refractivity contribution in [1.82, 2.24) is 4.90 Å². The lowest BCUT2D eigenvalue weighted by atomic mass is 9.94. The molecule has 0 radical (unpaired) electrons. The van der Waals surface area contributed by atoms with E-state index in [0.717, 1.165) is 36.8 Å². The number of methoxy groups -OCH3 is 1. The van der Waals surface area contributed by atoms with E-state index in [4.69, 9.17) is 9.47 Å². The van der Waals surface area contributed by atoms with Crippen LogP contribution in [0, 0.1) is 6.92 Å². The summed E-state index contributed by atoms with van der Waals surface area (Å²) in [7, 11) is 1.33. The Kier molecular flexibility index (Phi) is 7.88. The highest BCUT2D eigenvalue weighted by Gasteiger charge is 2.40. The van der Waals surface area contributed by atoms with Gasteiger partial charge < -0.3 is 19.7 Å². The van der Waals surface area contributed by atoms with Gasteiger partial charge in [-0.25, -0.2) is 4.79 Å². The Morgan fingerprint density at radius 1 is 1.00 bits per heavy atom. The number of hydrogen-bond acceptors (Lipinski definition) is 5. The van der Waals surface area contributed by atoms with Crippen molar-refractivity contribution in [1.29, 1.82) is 0 Å². The number of carbonyl (C=O) groups is 3. The van der Waals surface area contributed by atoms with E-state index in [1.807, 2.05) is 38.1 Å². The molecule has 0 aromatic heterocycles. The number of amides is 2. The largest absolute Gasteiger partial charge is 0.484 e. The van der Waals surface area contributed by atoms with Crippen molar-refractivity contribution in [3.8, 4) is 5.75 Å². The Bertz CT molecular complexity index is 1190. The van der Waals surface area contributed by atoms with Gasteiger partial charge in [0, 0.05) is 17.4 Å². The summed E-state index contributed by atoms with van der Waals surface area (Å²) in [6.45, 7) is 3.67. The van der Waals surface area contributed by atoms with Crippen LogP contribution in [-0.4, -0.2) is 42.4 Å². The molecular weight excluding hydrogens is 456 g/mol. The average Bonchev–Trinajstić information content (AvgIpc) is 3.14. The maximum absolute atomic E-state index is 13.4. The highest BCUT2D eigenvalue weighted by molar-refractivity contribution is 6.16. The van der Waals surface area contributed by atoms with Crippen molar-refractivity contribution in [2.45, 2.75) is 52.0 Å². The Labute approximate surface area is 211 Å². The number of hydrogen-bond donors (Lipinski definition) is 1. The zero-order chi connectivity index (χ0) is 25.7. The number of nitrogens with zero attached hydrogens (tertiary/aromatic N) is 1. The second kappa shape index (κ2) is 11.2. The summed E-state index contributed by atoms with van der Waals surface area (Å²) in [6, 6.07) is 14.7. The van der Waals surface area contributed by atoms with Gasteiger partial charge in [-0.1, -0.05) is 49.1 Å². The molecule has 36 heavy (non-hydrogen) atoms. The maximum Gasteiger partial charge on any atom is 0.340 e. The first-order valence-corrected chi connectivity index (χ1v) is 12.3. The van der Waals surface area contributed by atoms with Crippen LogP contribution in [0.5, 0.6) is 5.75 Å². The molecule has 1 fully saturated rings. The highest BCUT2D eigenvalue weighted by Crippen LogP contribution is 2.37. The van der Waals surface area contributed by atoms with E-state index in [9.17, 15) is 14.4 Å². The van der Waals surface area contributed by atoms with E-state index in [1.54, 1.807) is 35.2 Å². The van der Waals surface area contributed by atoms with Crippen LogP contribution in [0.1, 0.15) is 50.2 Å². The first-order valence-electron chi connectivity index (χ1n) is 12.3. The van der Waals surface area contributed by atoms with E-state index in [2.05, 4.69) is 5.32 Å². The first kappa shape index (κ1) is 25.2. The second-order valence-corrected chi connectivity index (χ2v) is 9.25. The van der Waals surface area contributed by atoms with Crippen molar-refractivity contribution in [2.75, 3.05) is 19.0 Å². The molecule has 7 heteroatoms. The van der Waals surface area contributed by atoms with E-state index >= 15 is 0 Å². The van der Waals surface area contributed by atoms with Crippen LogP contribution in [0.3, 0.4) is 0 Å². The molecule has 1 N–H and O–H groups in total. The van der Waals surface area contributed by atoms with Crippen molar-refractivity contribution in [3.63, 3.8) is 0 Å². The number of carbonyl (C=O) groups excluding carboxylic acids is 3. The maximum atomic E-state index is 13.4. The normalized spacial score (nSPS) is 17.5. The fraction of sp³-hybridized carbons (Fsp3) is 0.345. The molecule has 1 aliphatic heterocycles. The van der Waals surface area contributed by atoms with Gasteiger partial charge in [-0.05, 0) is 62.6 Å². The van der Waals surface area contributed by atoms with Crippen LogP contribution in [0.25, 0.3) is 6.08 Å². The van der Waals surface area contributed by atoms with Gasteiger partial charge in [-0.3, -0.25) is 9.59 Å². The number of ether oxygens (including phenoxy) is 2. The summed E-state index contributed by atoms with van der Waals surface area (Å²) < 4.78 is 10.6. The Morgan fingerprint density at radius 2 is 1.67 bits per heavy atom. The molecule has 0 saturated heterocycles. The molecule has 1 aliphatic carbocycles. The van der Waals surface area contributed by atoms with Gasteiger partial charge in [0.15, 0.2) is 6.61 Å². The standard InChI is InChI=1S/C29H32N2O5/c1-19-9-13-22(14-10-19)30-26(32)18-36-24-15-11-21(12-16-24)17-25-27(29(34)35-3)20(2)31(28(25)33)23-7-5-4-6-8-23/h9-17,23H,4-8,18H2,1-3H3,(H,30,32)/b25-17-. The summed E-state index contributed by atoms with van der Waals surface area (Å²) in [5, 5.41) is 2.80. The topological polar surface area (TPSA) is 84.9 Å². The van der Waals surface area contributed by atoms with Crippen LogP contribution >= 0.6 is 0 Å². The van der Waals surface area contributed by atoms with E-state index in [1.165, 1.54) is 13.5 Å². The zero-order valence-electron chi connectivity index (χ0n) is 21.0. The van der Waals surface area contributed by atoms with Crippen LogP contribution in [0.4, 0.5) is 5.69 Å². The minimum absolute atomic E-state index is 0.110. The van der Waals surface area contributed by atoms with Gasteiger partial charge in [0.05, 0.1) is 18.3 Å². The van der Waals surface area contributed by atoms with Gasteiger partial charge in [-0.2, -0.15) is 0 Å². The molecule has 1 heterocycles. The Morgan fingerprint density at radius 3 is 2.31 bits per heavy atom. The monoisotopic (exact) mass is 488 g/mol. The highest BCUT2D eigenvalue weighted by atomic mass is 16.5. The fourth-order valence-corrected chi connectivity index (χ4v) is 4.79. The average molecular weight is 489 g/mol. The minimum atomic E-state index is -0.509. The summed E-state index contributed by atoms with van der Waals surface area (Å²) in [5.74, 6) is -0.400. The molecule has 7 nitrogen and oxygen atoms in total. The number of anilines is 1. The van der Waals surface area contributed by atoms with Gasteiger partial charge in [0.1, 0.15) is 5.75 Å². The van der Waals surface area contributed by atoms with Crippen LogP contribution in [-0.2, 0) is 19.1 Å². The fourth-order valence-electron chi connectivity index (χ4n) is 4.79. The van der Waals surface area contributed by atoms with Crippen LogP contribution < -0.4 is 10.1 Å². The van der Waals surface area contributed by atoms with Crippen LogP contribution in [0.2, 0.25) is 0 Å². The lowest BCUT2D eigenvalue weighted by Crippen LogP contribution is -2.37. The van der Waals surface area contributed by atoms with Gasteiger partial charge in [0.2, 0.25) is 0 Å². The molecule has 0 unspecified atom stereocenters. The lowest BCUT2D eigenvalue weighted by Gasteiger charge is -2.32. The molecule has 2 amide bonds. The smallest absolute Gasteiger partial charge is 0.340 e. The van der Waals surface area contributed by atoms with Crippen molar-refractivity contribution in [2.24, 2.45) is 0 Å². The quantitative estimate of drug-likeness (QED) is 0.437.